The monoisotopic (exact) mass is 416 g/mol. The molecular weight excluding hydrogens is 397 g/mol. The molecule has 152 valence electrons. The number of halogens is 3. The Balaban J connectivity index is 1.82. The van der Waals surface area contributed by atoms with Gasteiger partial charge < -0.3 is 16.2 Å². The summed E-state index contributed by atoms with van der Waals surface area (Å²) in [5.74, 6) is -1.29. The molecule has 0 fully saturated rings. The Bertz CT molecular complexity index is 918. The van der Waals surface area contributed by atoms with Crippen LogP contribution in [0.5, 0.6) is 0 Å². The smallest absolute Gasteiger partial charge is 0.389 e. The minimum Gasteiger partial charge on any atom is -0.389 e. The maximum Gasteiger partial charge on any atom is 0.435 e. The number of rotatable bonds is 5. The predicted octanol–water partition coefficient (Wildman–Crippen LogP) is 2.63. The maximum absolute atomic E-state index is 13.0. The number of aliphatic hydroxyl groups excluding tert-OH is 1. The van der Waals surface area contributed by atoms with Crippen LogP contribution in [0.1, 0.15) is 57.9 Å². The van der Waals surface area contributed by atoms with Gasteiger partial charge in [-0.05, 0) is 38.2 Å². The zero-order chi connectivity index (χ0) is 20.6. The van der Waals surface area contributed by atoms with Crippen LogP contribution in [-0.4, -0.2) is 26.7 Å². The third-order valence-corrected chi connectivity index (χ3v) is 5.69. The molecule has 2 aromatic rings. The average Bonchev–Trinajstić information content (AvgIpc) is 3.15. The molecule has 0 bridgehead atoms. The number of anilines is 1. The standard InChI is InChI=1S/C17H19F3N4O3S/c1-8(25)10-6-24(23-14(10)17(18,19)20)7-12(26)22-16-13(15(21)27)9-4-2-3-5-11(9)28-16/h6,8,25H,2-5,7H2,1H3,(H2,21,27)(H,22,26). The Kier molecular flexibility index (Phi) is 5.48. The van der Waals surface area contributed by atoms with Crippen LogP contribution in [0, 0.1) is 0 Å². The highest BCUT2D eigenvalue weighted by Crippen LogP contribution is 2.38. The molecule has 7 nitrogen and oxygen atoms in total. The van der Waals surface area contributed by atoms with Crippen LogP contribution in [0.2, 0.25) is 0 Å². The quantitative estimate of drug-likeness (QED) is 0.696. The summed E-state index contributed by atoms with van der Waals surface area (Å²) < 4.78 is 39.9. The molecule has 11 heteroatoms. The molecule has 2 amide bonds. The zero-order valence-electron chi connectivity index (χ0n) is 15.0. The van der Waals surface area contributed by atoms with E-state index in [0.717, 1.165) is 40.6 Å². The van der Waals surface area contributed by atoms with Gasteiger partial charge in [-0.15, -0.1) is 11.3 Å². The Morgan fingerprint density at radius 3 is 2.64 bits per heavy atom. The molecule has 1 aliphatic carbocycles. The van der Waals surface area contributed by atoms with Gasteiger partial charge in [0.15, 0.2) is 5.69 Å². The molecule has 2 aromatic heterocycles. The zero-order valence-corrected chi connectivity index (χ0v) is 15.8. The number of aromatic nitrogens is 2. The number of nitrogens with zero attached hydrogens (tertiary/aromatic N) is 2. The predicted molar refractivity (Wildman–Crippen MR) is 96.0 cm³/mol. The number of aliphatic hydroxyl groups is 1. The van der Waals surface area contributed by atoms with Crippen molar-refractivity contribution in [1.82, 2.24) is 9.78 Å². The molecule has 28 heavy (non-hydrogen) atoms. The van der Waals surface area contributed by atoms with Gasteiger partial charge in [0.2, 0.25) is 5.91 Å². The normalized spacial score (nSPS) is 15.2. The molecule has 1 aliphatic rings. The molecule has 0 radical (unpaired) electrons. The summed E-state index contributed by atoms with van der Waals surface area (Å²) in [5, 5.41) is 15.8. The fourth-order valence-corrected chi connectivity index (χ4v) is 4.58. The lowest BCUT2D eigenvalue weighted by Gasteiger charge is -2.11. The van der Waals surface area contributed by atoms with Crippen molar-refractivity contribution in [1.29, 1.82) is 0 Å². The highest BCUT2D eigenvalue weighted by Gasteiger charge is 2.38. The Labute approximate surface area is 162 Å². The fourth-order valence-electron chi connectivity index (χ4n) is 3.27. The minimum absolute atomic E-state index is 0.272. The number of carbonyl (C=O) groups excluding carboxylic acids is 2. The lowest BCUT2D eigenvalue weighted by Crippen LogP contribution is -2.22. The summed E-state index contributed by atoms with van der Waals surface area (Å²) in [6.07, 6.45) is -1.75. The van der Waals surface area contributed by atoms with E-state index in [9.17, 15) is 27.9 Å². The van der Waals surface area contributed by atoms with Crippen molar-refractivity contribution in [2.75, 3.05) is 5.32 Å². The van der Waals surface area contributed by atoms with Gasteiger partial charge in [0.1, 0.15) is 11.5 Å². The van der Waals surface area contributed by atoms with Crippen LogP contribution < -0.4 is 11.1 Å². The van der Waals surface area contributed by atoms with Crippen molar-refractivity contribution in [3.05, 3.63) is 33.5 Å². The molecule has 3 rings (SSSR count). The van der Waals surface area contributed by atoms with E-state index in [1.165, 1.54) is 18.3 Å². The molecule has 1 unspecified atom stereocenters. The van der Waals surface area contributed by atoms with Gasteiger partial charge in [-0.25, -0.2) is 0 Å². The van der Waals surface area contributed by atoms with Crippen LogP contribution in [0.4, 0.5) is 18.2 Å². The van der Waals surface area contributed by atoms with E-state index in [4.69, 9.17) is 5.73 Å². The van der Waals surface area contributed by atoms with Crippen molar-refractivity contribution in [3.8, 4) is 0 Å². The number of nitrogens with two attached hydrogens (primary N) is 1. The molecule has 0 aromatic carbocycles. The number of thiophene rings is 1. The van der Waals surface area contributed by atoms with E-state index < -0.39 is 41.9 Å². The summed E-state index contributed by atoms with van der Waals surface area (Å²) in [5.41, 5.74) is 4.93. The number of alkyl halides is 3. The summed E-state index contributed by atoms with van der Waals surface area (Å²) in [7, 11) is 0. The molecule has 0 saturated carbocycles. The van der Waals surface area contributed by atoms with E-state index in [0.29, 0.717) is 11.4 Å². The minimum atomic E-state index is -4.75. The number of carbonyl (C=O) groups is 2. The number of amides is 2. The highest BCUT2D eigenvalue weighted by molar-refractivity contribution is 7.17. The number of hydrogen-bond acceptors (Lipinski definition) is 5. The topological polar surface area (TPSA) is 110 Å². The first kappa shape index (κ1) is 20.3. The third kappa shape index (κ3) is 4.04. The lowest BCUT2D eigenvalue weighted by atomic mass is 9.95. The second-order valence-electron chi connectivity index (χ2n) is 6.63. The molecule has 4 N–H and O–H groups in total. The van der Waals surface area contributed by atoms with Crippen molar-refractivity contribution in [2.45, 2.75) is 51.4 Å². The number of fused-ring (bicyclic) bond motifs is 1. The van der Waals surface area contributed by atoms with E-state index >= 15 is 0 Å². The van der Waals surface area contributed by atoms with Gasteiger partial charge in [0.05, 0.1) is 11.7 Å². The van der Waals surface area contributed by atoms with Gasteiger partial charge in [-0.1, -0.05) is 0 Å². The summed E-state index contributed by atoms with van der Waals surface area (Å²) >= 11 is 1.26. The first-order valence-corrected chi connectivity index (χ1v) is 9.46. The van der Waals surface area contributed by atoms with Crippen molar-refractivity contribution in [2.24, 2.45) is 5.73 Å². The van der Waals surface area contributed by atoms with Crippen molar-refractivity contribution in [3.63, 3.8) is 0 Å². The van der Waals surface area contributed by atoms with E-state index in [1.807, 2.05) is 0 Å². The Morgan fingerprint density at radius 2 is 2.07 bits per heavy atom. The average molecular weight is 416 g/mol. The summed E-state index contributed by atoms with van der Waals surface area (Å²) in [6, 6.07) is 0. The molecular formula is C17H19F3N4O3S. The molecule has 0 aliphatic heterocycles. The lowest BCUT2D eigenvalue weighted by molar-refractivity contribution is -0.143. The van der Waals surface area contributed by atoms with E-state index in [-0.39, 0.29) is 5.56 Å². The molecule has 1 atom stereocenters. The molecule has 0 spiro atoms. The van der Waals surface area contributed by atoms with Gasteiger partial charge in [-0.2, -0.15) is 18.3 Å². The summed E-state index contributed by atoms with van der Waals surface area (Å²) in [4.78, 5) is 25.2. The molecule has 2 heterocycles. The van der Waals surface area contributed by atoms with Crippen LogP contribution in [-0.2, 0) is 30.4 Å². The van der Waals surface area contributed by atoms with Crippen LogP contribution >= 0.6 is 11.3 Å². The third-order valence-electron chi connectivity index (χ3n) is 4.48. The maximum atomic E-state index is 13.0. The first-order valence-electron chi connectivity index (χ1n) is 8.64. The van der Waals surface area contributed by atoms with Gasteiger partial charge in [0.25, 0.3) is 5.91 Å². The molecule has 0 saturated heterocycles. The van der Waals surface area contributed by atoms with Crippen molar-refractivity contribution >= 4 is 28.2 Å². The fraction of sp³-hybridized carbons (Fsp3) is 0.471. The summed E-state index contributed by atoms with van der Waals surface area (Å²) in [6.45, 7) is 0.683. The number of nitrogens with one attached hydrogen (secondary N) is 1. The largest absolute Gasteiger partial charge is 0.435 e. The van der Waals surface area contributed by atoms with Crippen LogP contribution in [0.25, 0.3) is 0 Å². The van der Waals surface area contributed by atoms with Gasteiger partial charge in [0, 0.05) is 16.6 Å². The first-order chi connectivity index (χ1) is 13.1. The van der Waals surface area contributed by atoms with Gasteiger partial charge in [-0.3, -0.25) is 14.3 Å². The van der Waals surface area contributed by atoms with Crippen molar-refractivity contribution < 1.29 is 27.9 Å². The van der Waals surface area contributed by atoms with E-state index in [2.05, 4.69) is 10.4 Å². The second kappa shape index (κ2) is 7.55. The Hall–Kier alpha value is -2.40. The highest BCUT2D eigenvalue weighted by atomic mass is 32.1. The Morgan fingerprint density at radius 1 is 1.39 bits per heavy atom. The number of hydrogen-bond donors (Lipinski definition) is 3. The number of aryl methyl sites for hydroxylation is 1. The van der Waals surface area contributed by atoms with Crippen LogP contribution in [0.3, 0.4) is 0 Å². The van der Waals surface area contributed by atoms with Crippen LogP contribution in [0.15, 0.2) is 6.20 Å². The number of primary amides is 1. The van der Waals surface area contributed by atoms with E-state index in [1.54, 1.807) is 0 Å². The van der Waals surface area contributed by atoms with Gasteiger partial charge >= 0.3 is 6.18 Å². The SMILES string of the molecule is CC(O)c1cn(CC(=O)Nc2sc3c(c2C(N)=O)CCCC3)nc1C(F)(F)F. The second-order valence-corrected chi connectivity index (χ2v) is 7.74.